The number of benzene rings is 1. The van der Waals surface area contributed by atoms with E-state index >= 15 is 0 Å². The Kier molecular flexibility index (Phi) is 7.09. The molecule has 0 saturated heterocycles. The largest absolute Gasteiger partial charge is 0.399 e. The highest BCUT2D eigenvalue weighted by Gasteiger charge is 2.09. The molecule has 0 aliphatic carbocycles. The molecule has 4 nitrogen and oxygen atoms in total. The number of carbonyl (C=O) groups is 1. The van der Waals surface area contributed by atoms with Crippen LogP contribution in [-0.4, -0.2) is 29.9 Å². The van der Waals surface area contributed by atoms with Crippen molar-refractivity contribution in [3.8, 4) is 0 Å². The topological polar surface area (TPSA) is 58.4 Å². The third kappa shape index (κ3) is 6.57. The molecule has 0 aliphatic rings. The van der Waals surface area contributed by atoms with Crippen LogP contribution in [-0.2, 0) is 11.3 Å². The van der Waals surface area contributed by atoms with Gasteiger partial charge in [0.05, 0.1) is 0 Å². The van der Waals surface area contributed by atoms with Crippen molar-refractivity contribution in [2.24, 2.45) is 0 Å². The summed E-state index contributed by atoms with van der Waals surface area (Å²) in [6.07, 6.45) is 1.62. The SMILES string of the molecule is CCCN(CCC(=O)NC(C)C)Cc1cccc(N)c1. The number of anilines is 1. The summed E-state index contributed by atoms with van der Waals surface area (Å²) in [4.78, 5) is 14.0. The minimum absolute atomic E-state index is 0.119. The molecule has 0 radical (unpaired) electrons. The lowest BCUT2D eigenvalue weighted by Gasteiger charge is -2.22. The fraction of sp³-hybridized carbons (Fsp3) is 0.562. The number of hydrogen-bond donors (Lipinski definition) is 2. The molecule has 0 unspecified atom stereocenters. The summed E-state index contributed by atoms with van der Waals surface area (Å²) in [5, 5.41) is 2.93. The third-order valence-corrected chi connectivity index (χ3v) is 3.00. The van der Waals surface area contributed by atoms with E-state index in [1.54, 1.807) is 0 Å². The number of carbonyl (C=O) groups excluding carboxylic acids is 1. The standard InChI is InChI=1S/C16H27N3O/c1-4-9-19(10-8-16(20)18-13(2)3)12-14-6-5-7-15(17)11-14/h5-7,11,13H,4,8-10,12,17H2,1-3H3,(H,18,20). The quantitative estimate of drug-likeness (QED) is 0.717. The zero-order valence-corrected chi connectivity index (χ0v) is 12.9. The molecule has 0 atom stereocenters. The van der Waals surface area contributed by atoms with E-state index in [0.717, 1.165) is 31.7 Å². The van der Waals surface area contributed by atoms with Gasteiger partial charge in [0.1, 0.15) is 0 Å². The average Bonchev–Trinajstić information content (AvgIpc) is 2.35. The molecule has 0 saturated carbocycles. The number of hydrogen-bond acceptors (Lipinski definition) is 3. The van der Waals surface area contributed by atoms with Gasteiger partial charge in [0.25, 0.3) is 0 Å². The highest BCUT2D eigenvalue weighted by molar-refractivity contribution is 5.76. The van der Waals surface area contributed by atoms with Crippen LogP contribution in [0, 0.1) is 0 Å². The maximum atomic E-state index is 11.7. The van der Waals surface area contributed by atoms with Crippen molar-refractivity contribution in [2.45, 2.75) is 46.2 Å². The summed E-state index contributed by atoms with van der Waals surface area (Å²) < 4.78 is 0. The van der Waals surface area contributed by atoms with Gasteiger partial charge in [0.15, 0.2) is 0 Å². The molecule has 0 spiro atoms. The van der Waals surface area contributed by atoms with Gasteiger partial charge in [-0.1, -0.05) is 19.1 Å². The van der Waals surface area contributed by atoms with Crippen molar-refractivity contribution in [1.82, 2.24) is 10.2 Å². The summed E-state index contributed by atoms with van der Waals surface area (Å²) in [6, 6.07) is 8.14. The van der Waals surface area contributed by atoms with E-state index < -0.39 is 0 Å². The number of nitrogens with two attached hydrogens (primary N) is 1. The van der Waals surface area contributed by atoms with Gasteiger partial charge >= 0.3 is 0 Å². The molecular weight excluding hydrogens is 250 g/mol. The first kappa shape index (κ1) is 16.5. The fourth-order valence-corrected chi connectivity index (χ4v) is 2.19. The molecule has 4 heteroatoms. The van der Waals surface area contributed by atoms with Gasteiger partial charge in [-0.05, 0) is 44.5 Å². The molecule has 0 aromatic heterocycles. The van der Waals surface area contributed by atoms with E-state index in [1.807, 2.05) is 32.0 Å². The van der Waals surface area contributed by atoms with Crippen molar-refractivity contribution >= 4 is 11.6 Å². The van der Waals surface area contributed by atoms with Crippen molar-refractivity contribution in [3.05, 3.63) is 29.8 Å². The Hall–Kier alpha value is -1.55. The van der Waals surface area contributed by atoms with E-state index in [0.29, 0.717) is 6.42 Å². The fourth-order valence-electron chi connectivity index (χ4n) is 2.19. The molecule has 3 N–H and O–H groups in total. The minimum Gasteiger partial charge on any atom is -0.399 e. The van der Waals surface area contributed by atoms with Crippen molar-refractivity contribution in [3.63, 3.8) is 0 Å². The first-order valence-electron chi connectivity index (χ1n) is 7.37. The molecule has 20 heavy (non-hydrogen) atoms. The van der Waals surface area contributed by atoms with E-state index in [-0.39, 0.29) is 11.9 Å². The Balaban J connectivity index is 2.50. The normalized spacial score (nSPS) is 11.1. The highest BCUT2D eigenvalue weighted by Crippen LogP contribution is 2.10. The molecule has 0 heterocycles. The zero-order chi connectivity index (χ0) is 15.0. The van der Waals surface area contributed by atoms with Crippen LogP contribution >= 0.6 is 0 Å². The Labute approximate surface area is 122 Å². The van der Waals surface area contributed by atoms with Crippen LogP contribution in [0.2, 0.25) is 0 Å². The lowest BCUT2D eigenvalue weighted by Crippen LogP contribution is -2.34. The van der Waals surface area contributed by atoms with Gasteiger partial charge in [-0.3, -0.25) is 9.69 Å². The molecule has 1 rings (SSSR count). The second-order valence-corrected chi connectivity index (χ2v) is 5.49. The van der Waals surface area contributed by atoms with E-state index in [9.17, 15) is 4.79 Å². The summed E-state index contributed by atoms with van der Waals surface area (Å²) in [6.45, 7) is 8.72. The third-order valence-electron chi connectivity index (χ3n) is 3.00. The summed E-state index contributed by atoms with van der Waals surface area (Å²) in [5.74, 6) is 0.119. The Morgan fingerprint density at radius 1 is 1.35 bits per heavy atom. The molecule has 112 valence electrons. The van der Waals surface area contributed by atoms with Gasteiger partial charge < -0.3 is 11.1 Å². The van der Waals surface area contributed by atoms with E-state index in [1.165, 1.54) is 5.56 Å². The zero-order valence-electron chi connectivity index (χ0n) is 12.9. The van der Waals surface area contributed by atoms with Crippen LogP contribution in [0.1, 0.15) is 39.2 Å². The monoisotopic (exact) mass is 277 g/mol. The number of amides is 1. The first-order valence-corrected chi connectivity index (χ1v) is 7.37. The molecule has 0 fully saturated rings. The van der Waals surface area contributed by atoms with Crippen LogP contribution in [0.15, 0.2) is 24.3 Å². The second kappa shape index (κ2) is 8.59. The molecule has 0 bridgehead atoms. The van der Waals surface area contributed by atoms with Gasteiger partial charge in [0, 0.05) is 31.2 Å². The predicted octanol–water partition coefficient (Wildman–Crippen LogP) is 2.40. The Bertz CT molecular complexity index is 418. The highest BCUT2D eigenvalue weighted by atomic mass is 16.1. The lowest BCUT2D eigenvalue weighted by atomic mass is 10.2. The van der Waals surface area contributed by atoms with Crippen LogP contribution in [0.5, 0.6) is 0 Å². The molecule has 1 aromatic carbocycles. The number of nitrogens with one attached hydrogen (secondary N) is 1. The number of nitrogen functional groups attached to an aromatic ring is 1. The van der Waals surface area contributed by atoms with Gasteiger partial charge in [-0.2, -0.15) is 0 Å². The summed E-state index contributed by atoms with van der Waals surface area (Å²) >= 11 is 0. The van der Waals surface area contributed by atoms with Crippen molar-refractivity contribution in [2.75, 3.05) is 18.8 Å². The second-order valence-electron chi connectivity index (χ2n) is 5.49. The summed E-state index contributed by atoms with van der Waals surface area (Å²) in [5.41, 5.74) is 7.79. The van der Waals surface area contributed by atoms with Crippen LogP contribution in [0.4, 0.5) is 5.69 Å². The number of rotatable bonds is 8. The Morgan fingerprint density at radius 2 is 2.10 bits per heavy atom. The first-order chi connectivity index (χ1) is 9.51. The molecule has 1 amide bonds. The van der Waals surface area contributed by atoms with Gasteiger partial charge in [-0.25, -0.2) is 0 Å². The summed E-state index contributed by atoms with van der Waals surface area (Å²) in [7, 11) is 0. The molecule has 1 aromatic rings. The maximum Gasteiger partial charge on any atom is 0.221 e. The van der Waals surface area contributed by atoms with Crippen molar-refractivity contribution < 1.29 is 4.79 Å². The van der Waals surface area contributed by atoms with Gasteiger partial charge in [0.2, 0.25) is 5.91 Å². The van der Waals surface area contributed by atoms with Crippen molar-refractivity contribution in [1.29, 1.82) is 0 Å². The smallest absolute Gasteiger partial charge is 0.221 e. The van der Waals surface area contributed by atoms with Crippen LogP contribution in [0.3, 0.4) is 0 Å². The van der Waals surface area contributed by atoms with Crippen LogP contribution in [0.25, 0.3) is 0 Å². The van der Waals surface area contributed by atoms with E-state index in [4.69, 9.17) is 5.73 Å². The number of nitrogens with zero attached hydrogens (tertiary/aromatic N) is 1. The molecular formula is C16H27N3O. The molecule has 0 aliphatic heterocycles. The van der Waals surface area contributed by atoms with Gasteiger partial charge in [-0.15, -0.1) is 0 Å². The van der Waals surface area contributed by atoms with E-state index in [2.05, 4.69) is 23.2 Å². The lowest BCUT2D eigenvalue weighted by molar-refractivity contribution is -0.121. The average molecular weight is 277 g/mol. The predicted molar refractivity (Wildman–Crippen MR) is 84.3 cm³/mol. The van der Waals surface area contributed by atoms with Crippen LogP contribution < -0.4 is 11.1 Å². The Morgan fingerprint density at radius 3 is 2.70 bits per heavy atom. The maximum absolute atomic E-state index is 11.7. The minimum atomic E-state index is 0.119.